The molecule has 0 spiro atoms. The summed E-state index contributed by atoms with van der Waals surface area (Å²) in [7, 11) is 1.75. The fourth-order valence-electron chi connectivity index (χ4n) is 1.43. The molecule has 0 aliphatic carbocycles. The molecule has 2 aromatic rings. The third kappa shape index (κ3) is 1.75. The zero-order chi connectivity index (χ0) is 11.9. The van der Waals surface area contributed by atoms with Crippen molar-refractivity contribution in [2.45, 2.75) is 6.92 Å². The first-order valence-electron chi connectivity index (χ1n) is 4.65. The van der Waals surface area contributed by atoms with Crippen LogP contribution in [0.2, 0.25) is 0 Å². The second-order valence-corrected chi connectivity index (χ2v) is 4.29. The molecule has 1 heterocycles. The topological polar surface area (TPSA) is 17.8 Å². The summed E-state index contributed by atoms with van der Waals surface area (Å²) < 4.78 is 28.9. The molecule has 0 radical (unpaired) electrons. The maximum Gasteiger partial charge on any atom is 0.132 e. The van der Waals surface area contributed by atoms with Crippen molar-refractivity contribution in [2.75, 3.05) is 0 Å². The van der Waals surface area contributed by atoms with Crippen LogP contribution in [0, 0.1) is 18.6 Å². The van der Waals surface area contributed by atoms with Crippen LogP contribution in [0.15, 0.2) is 22.7 Å². The van der Waals surface area contributed by atoms with Crippen LogP contribution in [0.25, 0.3) is 11.3 Å². The number of hydrogen-bond donors (Lipinski definition) is 0. The molecule has 0 amide bonds. The van der Waals surface area contributed by atoms with Gasteiger partial charge in [-0.15, -0.1) is 0 Å². The molecule has 0 saturated carbocycles. The summed E-state index contributed by atoms with van der Waals surface area (Å²) in [4.78, 5) is 0. The Bertz CT molecular complexity index is 549. The number of aryl methyl sites for hydroxylation is 1. The molecule has 2 rings (SSSR count). The molecule has 0 atom stereocenters. The van der Waals surface area contributed by atoms with E-state index in [1.807, 2.05) is 6.92 Å². The van der Waals surface area contributed by atoms with Gasteiger partial charge >= 0.3 is 0 Å². The number of halogens is 3. The first-order chi connectivity index (χ1) is 7.50. The van der Waals surface area contributed by atoms with E-state index in [1.54, 1.807) is 11.7 Å². The van der Waals surface area contributed by atoms with Gasteiger partial charge in [0.1, 0.15) is 17.3 Å². The average molecular weight is 287 g/mol. The van der Waals surface area contributed by atoms with E-state index < -0.39 is 11.6 Å². The van der Waals surface area contributed by atoms with E-state index in [1.165, 1.54) is 0 Å². The molecular weight excluding hydrogens is 278 g/mol. The van der Waals surface area contributed by atoms with Gasteiger partial charge in [0.05, 0.1) is 4.47 Å². The molecule has 0 aliphatic heterocycles. The second-order valence-electron chi connectivity index (χ2n) is 3.50. The number of rotatable bonds is 1. The van der Waals surface area contributed by atoms with E-state index in [0.29, 0.717) is 10.2 Å². The van der Waals surface area contributed by atoms with Crippen molar-refractivity contribution in [2.24, 2.45) is 7.05 Å². The highest BCUT2D eigenvalue weighted by atomic mass is 79.9. The van der Waals surface area contributed by atoms with E-state index in [-0.39, 0.29) is 5.56 Å². The second kappa shape index (κ2) is 3.97. The Morgan fingerprint density at radius 3 is 2.56 bits per heavy atom. The van der Waals surface area contributed by atoms with Crippen molar-refractivity contribution in [1.29, 1.82) is 0 Å². The first kappa shape index (κ1) is 11.3. The van der Waals surface area contributed by atoms with Gasteiger partial charge in [-0.25, -0.2) is 8.78 Å². The van der Waals surface area contributed by atoms with Crippen molar-refractivity contribution >= 4 is 15.9 Å². The van der Waals surface area contributed by atoms with Gasteiger partial charge in [-0.2, -0.15) is 5.10 Å². The Kier molecular flexibility index (Phi) is 2.80. The fraction of sp³-hybridized carbons (Fsp3) is 0.182. The van der Waals surface area contributed by atoms with Crippen molar-refractivity contribution in [1.82, 2.24) is 9.78 Å². The summed E-state index contributed by atoms with van der Waals surface area (Å²) in [6, 6.07) is 3.32. The number of nitrogens with zero attached hydrogens (tertiary/aromatic N) is 2. The van der Waals surface area contributed by atoms with Crippen LogP contribution >= 0.6 is 15.9 Å². The zero-order valence-electron chi connectivity index (χ0n) is 8.76. The Balaban J connectivity index is 2.67. The van der Waals surface area contributed by atoms with Gasteiger partial charge in [-0.05, 0) is 41.1 Å². The summed E-state index contributed by atoms with van der Waals surface area (Å²) in [6.07, 6.45) is 0. The lowest BCUT2D eigenvalue weighted by atomic mass is 10.1. The highest BCUT2D eigenvalue weighted by molar-refractivity contribution is 9.10. The number of benzene rings is 1. The molecule has 16 heavy (non-hydrogen) atoms. The Labute approximate surface area is 100 Å². The maximum absolute atomic E-state index is 13.5. The number of aromatic nitrogens is 2. The van der Waals surface area contributed by atoms with E-state index in [0.717, 1.165) is 23.9 Å². The van der Waals surface area contributed by atoms with Gasteiger partial charge in [0.15, 0.2) is 0 Å². The maximum atomic E-state index is 13.5. The Morgan fingerprint density at radius 1 is 1.31 bits per heavy atom. The molecule has 0 N–H and O–H groups in total. The normalized spacial score (nSPS) is 10.8. The van der Waals surface area contributed by atoms with Crippen LogP contribution in [0.1, 0.15) is 5.69 Å². The lowest BCUT2D eigenvalue weighted by Crippen LogP contribution is -1.93. The molecule has 1 aromatic carbocycles. The minimum atomic E-state index is -0.486. The summed E-state index contributed by atoms with van der Waals surface area (Å²) in [5, 5.41) is 4.15. The lowest BCUT2D eigenvalue weighted by molar-refractivity contribution is 0.602. The van der Waals surface area contributed by atoms with Crippen molar-refractivity contribution < 1.29 is 8.78 Å². The first-order valence-corrected chi connectivity index (χ1v) is 5.44. The van der Waals surface area contributed by atoms with Crippen LogP contribution in [0.3, 0.4) is 0 Å². The Hall–Kier alpha value is -1.23. The van der Waals surface area contributed by atoms with Gasteiger partial charge in [0.25, 0.3) is 0 Å². The van der Waals surface area contributed by atoms with E-state index in [9.17, 15) is 8.78 Å². The molecule has 84 valence electrons. The smallest absolute Gasteiger partial charge is 0.132 e. The van der Waals surface area contributed by atoms with Crippen LogP contribution in [-0.2, 0) is 7.05 Å². The van der Waals surface area contributed by atoms with Gasteiger partial charge in [-0.3, -0.25) is 4.68 Å². The predicted octanol–water partition coefficient (Wildman–Crippen LogP) is 3.44. The molecular formula is C11H9BrF2N2. The van der Waals surface area contributed by atoms with Gasteiger partial charge < -0.3 is 0 Å². The summed E-state index contributed by atoms with van der Waals surface area (Å²) >= 11 is 3.32. The third-order valence-corrected chi connectivity index (χ3v) is 3.39. The van der Waals surface area contributed by atoms with E-state index >= 15 is 0 Å². The average Bonchev–Trinajstić information content (AvgIpc) is 2.50. The fourth-order valence-corrected chi connectivity index (χ4v) is 1.98. The van der Waals surface area contributed by atoms with Crippen molar-refractivity contribution in [3.63, 3.8) is 0 Å². The van der Waals surface area contributed by atoms with Crippen LogP contribution in [0.4, 0.5) is 8.78 Å². The van der Waals surface area contributed by atoms with E-state index in [2.05, 4.69) is 21.0 Å². The molecule has 2 nitrogen and oxygen atoms in total. The molecule has 0 saturated heterocycles. The monoisotopic (exact) mass is 286 g/mol. The zero-order valence-corrected chi connectivity index (χ0v) is 10.3. The minimum absolute atomic E-state index is 0.163. The standard InChI is InChI=1S/C11H9BrF2N2/c1-6-10(12)11(15-16(6)2)8-5-7(13)3-4-9(8)14/h3-5H,1-2H3. The van der Waals surface area contributed by atoms with Crippen molar-refractivity contribution in [3.8, 4) is 11.3 Å². The van der Waals surface area contributed by atoms with Gasteiger partial charge in [0.2, 0.25) is 0 Å². The highest BCUT2D eigenvalue weighted by Gasteiger charge is 2.16. The molecule has 5 heteroatoms. The molecule has 0 bridgehead atoms. The van der Waals surface area contributed by atoms with Crippen LogP contribution in [0.5, 0.6) is 0 Å². The van der Waals surface area contributed by atoms with Crippen LogP contribution in [-0.4, -0.2) is 9.78 Å². The summed E-state index contributed by atoms with van der Waals surface area (Å²) in [5.41, 5.74) is 1.44. The predicted molar refractivity (Wildman–Crippen MR) is 61.0 cm³/mol. The van der Waals surface area contributed by atoms with Crippen LogP contribution < -0.4 is 0 Å². The highest BCUT2D eigenvalue weighted by Crippen LogP contribution is 2.31. The SMILES string of the molecule is Cc1c(Br)c(-c2cc(F)ccc2F)nn1C. The van der Waals surface area contributed by atoms with Crippen molar-refractivity contribution in [3.05, 3.63) is 40.0 Å². The lowest BCUT2D eigenvalue weighted by Gasteiger charge is -2.00. The molecule has 0 fully saturated rings. The molecule has 1 aromatic heterocycles. The Morgan fingerprint density at radius 2 is 2.00 bits per heavy atom. The quantitative estimate of drug-likeness (QED) is 0.785. The number of hydrogen-bond acceptors (Lipinski definition) is 1. The third-order valence-electron chi connectivity index (χ3n) is 2.44. The molecule has 0 aliphatic rings. The molecule has 0 unspecified atom stereocenters. The van der Waals surface area contributed by atoms with E-state index in [4.69, 9.17) is 0 Å². The largest absolute Gasteiger partial charge is 0.271 e. The summed E-state index contributed by atoms with van der Waals surface area (Å²) in [6.45, 7) is 1.85. The van der Waals surface area contributed by atoms with Gasteiger partial charge in [0, 0.05) is 18.3 Å². The minimum Gasteiger partial charge on any atom is -0.271 e. The summed E-state index contributed by atoms with van der Waals surface area (Å²) in [5.74, 6) is -0.966. The van der Waals surface area contributed by atoms with Gasteiger partial charge in [-0.1, -0.05) is 0 Å².